The van der Waals surface area contributed by atoms with Gasteiger partial charge in [0.15, 0.2) is 24.3 Å². The van der Waals surface area contributed by atoms with Crippen LogP contribution in [-0.2, 0) is 21.6 Å². The number of halogens is 2. The molecule has 2 aromatic carbocycles. The normalized spacial score (nSPS) is 23.6. The molecule has 3 N–H and O–H groups in total. The van der Waals surface area contributed by atoms with Crippen LogP contribution in [-0.4, -0.2) is 69.7 Å². The molecule has 1 spiro atoms. The Morgan fingerprint density at radius 3 is 2.93 bits per heavy atom. The van der Waals surface area contributed by atoms with Crippen molar-refractivity contribution in [3.05, 3.63) is 92.4 Å². The molecule has 41 heavy (non-hydrogen) atoms. The number of pyridine rings is 1. The molecule has 1 saturated heterocycles. The van der Waals surface area contributed by atoms with Gasteiger partial charge in [0.2, 0.25) is 16.9 Å². The lowest BCUT2D eigenvalue weighted by Gasteiger charge is -2.30. The number of carbonyl (C=O) groups is 1. The summed E-state index contributed by atoms with van der Waals surface area (Å²) >= 11 is 1.45. The van der Waals surface area contributed by atoms with Crippen molar-refractivity contribution in [2.24, 2.45) is 0 Å². The molecular formula is C28H24F2N3O7S+. The van der Waals surface area contributed by atoms with E-state index in [0.717, 1.165) is 22.1 Å². The molecule has 4 aliphatic rings. The lowest BCUT2D eigenvalue weighted by atomic mass is 9.94. The van der Waals surface area contributed by atoms with Crippen molar-refractivity contribution in [2.75, 3.05) is 31.8 Å². The number of nitrogens with zero attached hydrogens (tertiary/aromatic N) is 2. The molecule has 0 radical (unpaired) electrons. The van der Waals surface area contributed by atoms with Gasteiger partial charge >= 0.3 is 12.1 Å². The molecule has 10 nitrogen and oxygen atoms in total. The Labute approximate surface area is 235 Å². The molecule has 4 heterocycles. The van der Waals surface area contributed by atoms with Crippen LogP contribution in [0.2, 0.25) is 0 Å². The number of thioether (sulfide) groups is 1. The predicted molar refractivity (Wildman–Crippen MR) is 141 cm³/mol. The smallest absolute Gasteiger partial charge is 0.458 e. The number of ether oxygens (including phenoxy) is 3. The van der Waals surface area contributed by atoms with Gasteiger partial charge in [0.1, 0.15) is 19.1 Å². The van der Waals surface area contributed by atoms with Crippen molar-refractivity contribution >= 4 is 23.8 Å². The van der Waals surface area contributed by atoms with Gasteiger partial charge in [-0.2, -0.15) is 4.58 Å². The lowest BCUT2D eigenvalue weighted by Crippen LogP contribution is -2.56. The van der Waals surface area contributed by atoms with Crippen LogP contribution in [0.4, 0.5) is 13.6 Å². The van der Waals surface area contributed by atoms with Crippen molar-refractivity contribution < 1.29 is 42.6 Å². The fourth-order valence-corrected chi connectivity index (χ4v) is 7.35. The van der Waals surface area contributed by atoms with Gasteiger partial charge in [0, 0.05) is 28.5 Å². The molecule has 1 saturated carbocycles. The van der Waals surface area contributed by atoms with Crippen LogP contribution >= 0.6 is 11.8 Å². The second-order valence-electron chi connectivity index (χ2n) is 10.1. The maximum atomic E-state index is 14.7. The van der Waals surface area contributed by atoms with E-state index < -0.39 is 47.3 Å². The first-order valence-corrected chi connectivity index (χ1v) is 14.0. The number of hydrogen-bond donors (Lipinski definition) is 3. The first kappa shape index (κ1) is 26.0. The van der Waals surface area contributed by atoms with Crippen LogP contribution in [0, 0.1) is 11.6 Å². The van der Waals surface area contributed by atoms with Crippen LogP contribution in [0.25, 0.3) is 0 Å². The van der Waals surface area contributed by atoms with Gasteiger partial charge in [-0.25, -0.2) is 18.3 Å². The van der Waals surface area contributed by atoms with Gasteiger partial charge in [-0.15, -0.1) is 11.8 Å². The zero-order valence-electron chi connectivity index (χ0n) is 21.4. The number of hydrogen-bond acceptors (Lipinski definition) is 8. The van der Waals surface area contributed by atoms with Crippen LogP contribution in [0.1, 0.15) is 33.9 Å². The quantitative estimate of drug-likeness (QED) is 0.314. The maximum Gasteiger partial charge on any atom is 0.514 e. The minimum absolute atomic E-state index is 0.0516. The fourth-order valence-electron chi connectivity index (χ4n) is 6.19. The Morgan fingerprint density at radius 1 is 1.24 bits per heavy atom. The van der Waals surface area contributed by atoms with E-state index in [4.69, 9.17) is 19.3 Å². The van der Waals surface area contributed by atoms with Crippen LogP contribution in [0.5, 0.6) is 5.75 Å². The van der Waals surface area contributed by atoms with Crippen molar-refractivity contribution in [3.63, 3.8) is 0 Å². The van der Waals surface area contributed by atoms with Crippen molar-refractivity contribution in [1.29, 1.82) is 0 Å². The Bertz CT molecular complexity index is 1710. The number of aliphatic hydroxyl groups is 2. The minimum Gasteiger partial charge on any atom is -0.458 e. The second kappa shape index (κ2) is 9.57. The van der Waals surface area contributed by atoms with E-state index in [9.17, 15) is 23.5 Å². The Balaban J connectivity index is 1.30. The van der Waals surface area contributed by atoms with E-state index in [1.165, 1.54) is 28.7 Å². The molecule has 13 heteroatoms. The molecule has 1 aromatic heterocycles. The molecule has 0 bridgehead atoms. The summed E-state index contributed by atoms with van der Waals surface area (Å²) in [6.45, 7) is -0.166. The lowest BCUT2D eigenvalue weighted by molar-refractivity contribution is -0.604. The van der Waals surface area contributed by atoms with E-state index in [1.54, 1.807) is 10.6 Å². The zero-order chi connectivity index (χ0) is 28.5. The van der Waals surface area contributed by atoms with Gasteiger partial charge < -0.3 is 24.4 Å². The molecular weight excluding hydrogens is 560 g/mol. The molecule has 212 valence electrons. The van der Waals surface area contributed by atoms with Gasteiger partial charge in [0.05, 0.1) is 6.61 Å². The molecule has 1 aliphatic carbocycles. The van der Waals surface area contributed by atoms with Crippen LogP contribution in [0.15, 0.2) is 52.3 Å². The molecule has 2 fully saturated rings. The highest BCUT2D eigenvalue weighted by Gasteiger charge is 2.80. The van der Waals surface area contributed by atoms with E-state index >= 15 is 0 Å². The summed E-state index contributed by atoms with van der Waals surface area (Å²) < 4.78 is 47.9. The number of nitrogens with one attached hydrogen (secondary N) is 1. The van der Waals surface area contributed by atoms with E-state index in [-0.39, 0.29) is 37.3 Å². The Kier molecular flexibility index (Phi) is 6.07. The molecule has 0 amide bonds. The maximum absolute atomic E-state index is 14.7. The number of morpholine rings is 1. The average molecular weight is 585 g/mol. The molecule has 3 aliphatic heterocycles. The first-order valence-electron chi connectivity index (χ1n) is 13.0. The summed E-state index contributed by atoms with van der Waals surface area (Å²) in [6, 6.07) is 9.83. The predicted octanol–water partition coefficient (Wildman–Crippen LogP) is 2.60. The van der Waals surface area contributed by atoms with Crippen LogP contribution in [0.3, 0.4) is 0 Å². The highest BCUT2D eigenvalue weighted by atomic mass is 32.2. The topological polar surface area (TPSA) is 122 Å². The summed E-state index contributed by atoms with van der Waals surface area (Å²) in [5.74, 6) is -2.37. The van der Waals surface area contributed by atoms with Gasteiger partial charge in [-0.3, -0.25) is 10.2 Å². The number of benzene rings is 2. The summed E-state index contributed by atoms with van der Waals surface area (Å²) in [5.41, 5.74) is 4.74. The highest BCUT2D eigenvalue weighted by molar-refractivity contribution is 7.98. The SMILES string of the molecule is O=C(OCCO)Oc1c2n(ccc1=O)N[C@@]13C(c4cccc5c4Cc4ccc(F)c(F)c4CS5)[C@@H]1OCC[N+]3=C2O. The monoisotopic (exact) mass is 584 g/mol. The fraction of sp³-hybridized carbons (Fsp3) is 0.321. The third-order valence-corrected chi connectivity index (χ3v) is 9.14. The van der Waals surface area contributed by atoms with Gasteiger partial charge in [0.25, 0.3) is 5.66 Å². The molecule has 1 unspecified atom stereocenters. The van der Waals surface area contributed by atoms with E-state index in [1.807, 2.05) is 18.2 Å². The summed E-state index contributed by atoms with van der Waals surface area (Å²) in [6.07, 6.45) is 0.247. The van der Waals surface area contributed by atoms with Crippen molar-refractivity contribution in [2.45, 2.75) is 34.8 Å². The summed E-state index contributed by atoms with van der Waals surface area (Å²) in [7, 11) is 0. The summed E-state index contributed by atoms with van der Waals surface area (Å²) in [5, 5.41) is 20.4. The molecule has 7 rings (SSSR count). The Hall–Kier alpha value is -3.94. The third-order valence-electron chi connectivity index (χ3n) is 8.02. The zero-order valence-corrected chi connectivity index (χ0v) is 22.2. The number of aromatic nitrogens is 1. The largest absolute Gasteiger partial charge is 0.514 e. The second-order valence-corrected chi connectivity index (χ2v) is 11.1. The third kappa shape index (κ3) is 3.86. The minimum atomic E-state index is -1.19. The van der Waals surface area contributed by atoms with Gasteiger partial charge in [-0.05, 0) is 35.2 Å². The van der Waals surface area contributed by atoms with E-state index in [2.05, 4.69) is 5.43 Å². The van der Waals surface area contributed by atoms with Crippen molar-refractivity contribution in [1.82, 2.24) is 4.68 Å². The average Bonchev–Trinajstić information content (AvgIpc) is 3.66. The molecule has 3 atom stereocenters. The molecule has 3 aromatic rings. The number of aliphatic hydroxyl groups excluding tert-OH is 2. The summed E-state index contributed by atoms with van der Waals surface area (Å²) in [4.78, 5) is 25.7. The van der Waals surface area contributed by atoms with Crippen molar-refractivity contribution in [3.8, 4) is 5.75 Å². The highest BCUT2D eigenvalue weighted by Crippen LogP contribution is 2.59. The number of fused-ring (bicyclic) bond motifs is 3. The first-order chi connectivity index (χ1) is 19.8. The number of rotatable bonds is 4. The Morgan fingerprint density at radius 2 is 2.10 bits per heavy atom. The van der Waals surface area contributed by atoms with Crippen LogP contribution < -0.4 is 15.6 Å². The van der Waals surface area contributed by atoms with Gasteiger partial charge in [-0.1, -0.05) is 18.2 Å². The number of carbonyl (C=O) groups excluding carboxylic acids is 1. The van der Waals surface area contributed by atoms with E-state index in [0.29, 0.717) is 23.3 Å². The standard InChI is InChI=1S/C28H23F2N3O7S/c29-18-5-4-14-12-16-15(2-1-3-20(16)41-13-17(14)22(18)30)21-25-28(21)31-33-7-6-19(35)24(40-27(37)39-11-9-34)23(33)26(36)32(28)8-10-38-25/h1-7,21,25,31,34H,8-13H2/p+1/t21?,25-,28+/m0/s1.